The van der Waals surface area contributed by atoms with Gasteiger partial charge in [-0.25, -0.2) is 0 Å². The summed E-state index contributed by atoms with van der Waals surface area (Å²) in [5.41, 5.74) is 4.05. The SMILES string of the molecule is CCN1CCN(C(C)CNC(=NC)NCCc2cc(C)cc(C)c2)CC1. The van der Waals surface area contributed by atoms with E-state index in [-0.39, 0.29) is 0 Å². The van der Waals surface area contributed by atoms with E-state index >= 15 is 0 Å². The zero-order chi connectivity index (χ0) is 18.9. The number of aliphatic imine (C=N–C) groups is 1. The van der Waals surface area contributed by atoms with E-state index < -0.39 is 0 Å². The van der Waals surface area contributed by atoms with Crippen LogP contribution in [0.5, 0.6) is 0 Å². The molecule has 5 heteroatoms. The van der Waals surface area contributed by atoms with E-state index in [1.807, 2.05) is 7.05 Å². The molecule has 1 aliphatic rings. The largest absolute Gasteiger partial charge is 0.356 e. The Morgan fingerprint density at radius 1 is 1.08 bits per heavy atom. The van der Waals surface area contributed by atoms with Crippen molar-refractivity contribution in [2.24, 2.45) is 4.99 Å². The number of hydrogen-bond donors (Lipinski definition) is 2. The van der Waals surface area contributed by atoms with Crippen LogP contribution in [0.15, 0.2) is 23.2 Å². The molecule has 1 fully saturated rings. The maximum absolute atomic E-state index is 4.36. The van der Waals surface area contributed by atoms with Gasteiger partial charge in [0.05, 0.1) is 0 Å². The average molecular weight is 360 g/mol. The molecule has 1 aromatic carbocycles. The quantitative estimate of drug-likeness (QED) is 0.578. The summed E-state index contributed by atoms with van der Waals surface area (Å²) in [6, 6.07) is 7.28. The molecule has 0 amide bonds. The highest BCUT2D eigenvalue weighted by molar-refractivity contribution is 5.79. The third-order valence-corrected chi connectivity index (χ3v) is 5.25. The van der Waals surface area contributed by atoms with E-state index in [9.17, 15) is 0 Å². The standard InChI is InChI=1S/C21H37N5/c1-6-25-9-11-26(12-10-25)19(4)16-24-21(22-5)23-8-7-20-14-17(2)13-18(3)15-20/h13-15,19H,6-12,16H2,1-5H3,(H2,22,23,24). The Labute approximate surface area is 159 Å². The van der Waals surface area contributed by atoms with Crippen molar-refractivity contribution in [3.8, 4) is 0 Å². The van der Waals surface area contributed by atoms with Crippen LogP contribution in [0.1, 0.15) is 30.5 Å². The molecule has 1 aliphatic heterocycles. The lowest BCUT2D eigenvalue weighted by molar-refractivity contribution is 0.107. The van der Waals surface area contributed by atoms with Crippen LogP contribution in [0.3, 0.4) is 0 Å². The molecule has 0 saturated carbocycles. The number of hydrogen-bond acceptors (Lipinski definition) is 3. The number of nitrogens with zero attached hydrogens (tertiary/aromatic N) is 3. The van der Waals surface area contributed by atoms with E-state index in [2.05, 4.69) is 71.3 Å². The fourth-order valence-corrected chi connectivity index (χ4v) is 3.65. The lowest BCUT2D eigenvalue weighted by Gasteiger charge is -2.37. The Morgan fingerprint density at radius 2 is 1.73 bits per heavy atom. The number of piperazine rings is 1. The first kappa shape index (κ1) is 20.7. The molecular formula is C21H37N5. The number of aryl methyl sites for hydroxylation is 2. The van der Waals surface area contributed by atoms with E-state index in [0.717, 1.165) is 45.1 Å². The minimum Gasteiger partial charge on any atom is -0.356 e. The molecule has 0 radical (unpaired) electrons. The number of likely N-dealkylation sites (N-methyl/N-ethyl adjacent to an activating group) is 1. The van der Waals surface area contributed by atoms with Crippen LogP contribution in [0.4, 0.5) is 0 Å². The lowest BCUT2D eigenvalue weighted by Crippen LogP contribution is -2.53. The van der Waals surface area contributed by atoms with Gasteiger partial charge in [0.25, 0.3) is 0 Å². The molecule has 1 aromatic rings. The summed E-state index contributed by atoms with van der Waals surface area (Å²) in [5, 5.41) is 6.93. The lowest BCUT2D eigenvalue weighted by atomic mass is 10.1. The van der Waals surface area contributed by atoms with Gasteiger partial charge in [-0.2, -0.15) is 0 Å². The molecule has 26 heavy (non-hydrogen) atoms. The molecule has 146 valence electrons. The monoisotopic (exact) mass is 359 g/mol. The second-order valence-corrected chi connectivity index (χ2v) is 7.45. The zero-order valence-electron chi connectivity index (χ0n) is 17.3. The van der Waals surface area contributed by atoms with Crippen molar-refractivity contribution in [2.75, 3.05) is 52.9 Å². The fraction of sp³-hybridized carbons (Fsp3) is 0.667. The highest BCUT2D eigenvalue weighted by Crippen LogP contribution is 2.09. The third-order valence-electron chi connectivity index (χ3n) is 5.25. The van der Waals surface area contributed by atoms with Crippen molar-refractivity contribution in [1.29, 1.82) is 0 Å². The Balaban J connectivity index is 1.70. The third kappa shape index (κ3) is 6.61. The molecule has 0 aromatic heterocycles. The Kier molecular flexibility index (Phi) is 8.39. The summed E-state index contributed by atoms with van der Waals surface area (Å²) in [7, 11) is 1.84. The van der Waals surface area contributed by atoms with Gasteiger partial charge in [0, 0.05) is 52.4 Å². The number of nitrogens with one attached hydrogen (secondary N) is 2. The maximum Gasteiger partial charge on any atom is 0.191 e. The number of benzene rings is 1. The molecule has 1 unspecified atom stereocenters. The van der Waals surface area contributed by atoms with Crippen molar-refractivity contribution < 1.29 is 0 Å². The minimum atomic E-state index is 0.520. The number of guanidine groups is 1. The molecule has 5 nitrogen and oxygen atoms in total. The summed E-state index contributed by atoms with van der Waals surface area (Å²) in [6.45, 7) is 16.5. The van der Waals surface area contributed by atoms with Crippen LogP contribution in [0.25, 0.3) is 0 Å². The van der Waals surface area contributed by atoms with Gasteiger partial charge in [-0.3, -0.25) is 9.89 Å². The summed E-state index contributed by atoms with van der Waals surface area (Å²) < 4.78 is 0. The summed E-state index contributed by atoms with van der Waals surface area (Å²) in [6.07, 6.45) is 1.01. The van der Waals surface area contributed by atoms with Crippen LogP contribution in [-0.4, -0.2) is 74.7 Å². The zero-order valence-corrected chi connectivity index (χ0v) is 17.3. The van der Waals surface area contributed by atoms with Crippen molar-refractivity contribution in [3.63, 3.8) is 0 Å². The predicted octanol–water partition coefficient (Wildman–Crippen LogP) is 2.04. The van der Waals surface area contributed by atoms with Crippen LogP contribution in [0.2, 0.25) is 0 Å². The average Bonchev–Trinajstić information content (AvgIpc) is 2.63. The van der Waals surface area contributed by atoms with E-state index in [1.54, 1.807) is 0 Å². The van der Waals surface area contributed by atoms with E-state index in [1.165, 1.54) is 29.8 Å². The summed E-state index contributed by atoms with van der Waals surface area (Å²) in [5.74, 6) is 0.897. The summed E-state index contributed by atoms with van der Waals surface area (Å²) in [4.78, 5) is 9.45. The fourth-order valence-electron chi connectivity index (χ4n) is 3.65. The van der Waals surface area contributed by atoms with Crippen molar-refractivity contribution in [1.82, 2.24) is 20.4 Å². The first-order chi connectivity index (χ1) is 12.5. The van der Waals surface area contributed by atoms with Gasteiger partial charge in [-0.15, -0.1) is 0 Å². The highest BCUT2D eigenvalue weighted by atomic mass is 15.3. The summed E-state index contributed by atoms with van der Waals surface area (Å²) >= 11 is 0. The Bertz CT molecular complexity index is 556. The molecule has 0 bridgehead atoms. The number of rotatable bonds is 7. The van der Waals surface area contributed by atoms with E-state index in [4.69, 9.17) is 0 Å². The van der Waals surface area contributed by atoms with Crippen LogP contribution in [-0.2, 0) is 6.42 Å². The Hall–Kier alpha value is -1.59. The molecule has 1 atom stereocenters. The highest BCUT2D eigenvalue weighted by Gasteiger charge is 2.20. The topological polar surface area (TPSA) is 42.9 Å². The molecule has 0 aliphatic carbocycles. The van der Waals surface area contributed by atoms with Gasteiger partial charge in [0.1, 0.15) is 0 Å². The van der Waals surface area contributed by atoms with Crippen molar-refractivity contribution >= 4 is 5.96 Å². The Morgan fingerprint density at radius 3 is 2.31 bits per heavy atom. The second kappa shape index (κ2) is 10.5. The first-order valence-electron chi connectivity index (χ1n) is 10.00. The van der Waals surface area contributed by atoms with Gasteiger partial charge in [-0.1, -0.05) is 36.2 Å². The molecule has 0 spiro atoms. The predicted molar refractivity (Wildman–Crippen MR) is 112 cm³/mol. The maximum atomic E-state index is 4.36. The molecule has 2 rings (SSSR count). The van der Waals surface area contributed by atoms with Crippen LogP contribution >= 0.6 is 0 Å². The van der Waals surface area contributed by atoms with Gasteiger partial charge in [0.15, 0.2) is 5.96 Å². The molecule has 1 saturated heterocycles. The van der Waals surface area contributed by atoms with Gasteiger partial charge >= 0.3 is 0 Å². The minimum absolute atomic E-state index is 0.520. The van der Waals surface area contributed by atoms with Gasteiger partial charge in [-0.05, 0) is 39.3 Å². The van der Waals surface area contributed by atoms with Gasteiger partial charge in [0.2, 0.25) is 0 Å². The second-order valence-electron chi connectivity index (χ2n) is 7.45. The molecular weight excluding hydrogens is 322 g/mol. The molecule has 1 heterocycles. The first-order valence-corrected chi connectivity index (χ1v) is 10.00. The van der Waals surface area contributed by atoms with Crippen LogP contribution < -0.4 is 10.6 Å². The van der Waals surface area contributed by atoms with Crippen molar-refractivity contribution in [2.45, 2.75) is 40.2 Å². The molecule has 2 N–H and O–H groups in total. The van der Waals surface area contributed by atoms with Crippen LogP contribution in [0, 0.1) is 13.8 Å². The normalized spacial score (nSPS) is 18.0. The van der Waals surface area contributed by atoms with Crippen molar-refractivity contribution in [3.05, 3.63) is 34.9 Å². The van der Waals surface area contributed by atoms with Gasteiger partial charge < -0.3 is 15.5 Å². The van der Waals surface area contributed by atoms with E-state index in [0.29, 0.717) is 6.04 Å². The smallest absolute Gasteiger partial charge is 0.191 e.